The molecule has 0 N–H and O–H groups in total. The van der Waals surface area contributed by atoms with E-state index in [1.165, 1.54) is 24.5 Å². The summed E-state index contributed by atoms with van der Waals surface area (Å²) < 4.78 is 30.9. The molecule has 0 spiro atoms. The van der Waals surface area contributed by atoms with Crippen LogP contribution >= 0.6 is 0 Å². The van der Waals surface area contributed by atoms with E-state index < -0.39 is 30.0 Å². The molecule has 0 radical (unpaired) electrons. The van der Waals surface area contributed by atoms with Crippen LogP contribution in [0.1, 0.15) is 20.7 Å². The van der Waals surface area contributed by atoms with E-state index in [-0.39, 0.29) is 11.1 Å². The average molecular weight is 328 g/mol. The summed E-state index contributed by atoms with van der Waals surface area (Å²) in [5.74, 6) is -3.55. The van der Waals surface area contributed by atoms with Crippen molar-refractivity contribution in [1.29, 1.82) is 0 Å². The number of nitrogens with zero attached hydrogens (tertiary/aromatic N) is 2. The van der Waals surface area contributed by atoms with E-state index >= 15 is 0 Å². The van der Waals surface area contributed by atoms with Gasteiger partial charge >= 0.3 is 5.97 Å². The Morgan fingerprint density at radius 3 is 2.33 bits per heavy atom. The molecule has 0 bridgehead atoms. The lowest BCUT2D eigenvalue weighted by atomic mass is 10.1. The second kappa shape index (κ2) is 6.49. The fraction of sp³-hybridized carbons (Fsp3) is 0.0588. The molecule has 24 heavy (non-hydrogen) atoms. The zero-order valence-corrected chi connectivity index (χ0v) is 12.2. The fourth-order valence-corrected chi connectivity index (χ4v) is 2.06. The summed E-state index contributed by atoms with van der Waals surface area (Å²) in [4.78, 5) is 32.0. The summed E-state index contributed by atoms with van der Waals surface area (Å²) in [7, 11) is 0. The van der Waals surface area contributed by atoms with Crippen LogP contribution in [0.3, 0.4) is 0 Å². The highest BCUT2D eigenvalue weighted by Crippen LogP contribution is 2.13. The van der Waals surface area contributed by atoms with Crippen molar-refractivity contribution < 1.29 is 23.1 Å². The highest BCUT2D eigenvalue weighted by Gasteiger charge is 2.14. The first-order valence-electron chi connectivity index (χ1n) is 6.91. The lowest BCUT2D eigenvalue weighted by molar-refractivity contribution is 0.0475. The molecular formula is C17H10F2N2O3. The molecule has 3 rings (SSSR count). The quantitative estimate of drug-likeness (QED) is 0.544. The normalized spacial score (nSPS) is 10.6. The van der Waals surface area contributed by atoms with Crippen LogP contribution in [0.25, 0.3) is 11.0 Å². The third-order valence-corrected chi connectivity index (χ3v) is 3.28. The van der Waals surface area contributed by atoms with Crippen molar-refractivity contribution in [2.45, 2.75) is 0 Å². The van der Waals surface area contributed by atoms with Gasteiger partial charge in [-0.1, -0.05) is 0 Å². The molecule has 2 aromatic carbocycles. The molecular weight excluding hydrogens is 318 g/mol. The monoisotopic (exact) mass is 328 g/mol. The van der Waals surface area contributed by atoms with Gasteiger partial charge in [0.15, 0.2) is 24.0 Å². The second-order valence-corrected chi connectivity index (χ2v) is 4.89. The predicted molar refractivity (Wildman–Crippen MR) is 80.5 cm³/mol. The molecule has 5 nitrogen and oxygen atoms in total. The molecule has 0 aliphatic rings. The number of halogens is 2. The Balaban J connectivity index is 1.69. The van der Waals surface area contributed by atoms with Gasteiger partial charge in [-0.25, -0.2) is 13.6 Å². The van der Waals surface area contributed by atoms with Gasteiger partial charge in [0.25, 0.3) is 0 Å². The topological polar surface area (TPSA) is 69.2 Å². The molecule has 1 aromatic heterocycles. The number of carbonyl (C=O) groups is 2. The van der Waals surface area contributed by atoms with Crippen LogP contribution in [-0.4, -0.2) is 28.3 Å². The van der Waals surface area contributed by atoms with E-state index in [0.29, 0.717) is 11.0 Å². The van der Waals surface area contributed by atoms with Crippen molar-refractivity contribution in [3.05, 3.63) is 71.6 Å². The van der Waals surface area contributed by atoms with Gasteiger partial charge in [-0.15, -0.1) is 0 Å². The summed E-state index contributed by atoms with van der Waals surface area (Å²) in [6, 6.07) is 7.33. The fourth-order valence-electron chi connectivity index (χ4n) is 2.06. The van der Waals surface area contributed by atoms with Gasteiger partial charge in [-0.05, 0) is 36.4 Å². The van der Waals surface area contributed by atoms with Crippen molar-refractivity contribution in [3.8, 4) is 0 Å². The Morgan fingerprint density at radius 2 is 1.58 bits per heavy atom. The molecule has 0 saturated heterocycles. The van der Waals surface area contributed by atoms with E-state index in [2.05, 4.69) is 9.97 Å². The summed E-state index contributed by atoms with van der Waals surface area (Å²) in [5, 5.41) is 0. The van der Waals surface area contributed by atoms with Crippen LogP contribution in [0, 0.1) is 11.6 Å². The molecule has 0 fully saturated rings. The summed E-state index contributed by atoms with van der Waals surface area (Å²) >= 11 is 0. The number of hydrogen-bond acceptors (Lipinski definition) is 5. The molecule has 120 valence electrons. The number of fused-ring (bicyclic) bond motifs is 1. The largest absolute Gasteiger partial charge is 0.454 e. The number of rotatable bonds is 4. The maximum Gasteiger partial charge on any atom is 0.338 e. The molecule has 0 unspecified atom stereocenters. The minimum Gasteiger partial charge on any atom is -0.454 e. The van der Waals surface area contributed by atoms with Crippen LogP contribution in [0.5, 0.6) is 0 Å². The number of aromatic nitrogens is 2. The summed E-state index contributed by atoms with van der Waals surface area (Å²) in [6.07, 6.45) is 3.02. The Hall–Kier alpha value is -3.22. The third-order valence-electron chi connectivity index (χ3n) is 3.28. The molecule has 0 amide bonds. The van der Waals surface area contributed by atoms with Crippen LogP contribution in [0.2, 0.25) is 0 Å². The smallest absolute Gasteiger partial charge is 0.338 e. The van der Waals surface area contributed by atoms with E-state index in [4.69, 9.17) is 4.74 Å². The number of hydrogen-bond donors (Lipinski definition) is 0. The Bertz CT molecular complexity index is 944. The zero-order chi connectivity index (χ0) is 17.1. The maximum atomic E-state index is 13.1. The lowest BCUT2D eigenvalue weighted by Gasteiger charge is -2.05. The highest BCUT2D eigenvalue weighted by atomic mass is 19.2. The third kappa shape index (κ3) is 3.24. The predicted octanol–water partition coefficient (Wildman–Crippen LogP) is 2.95. The van der Waals surface area contributed by atoms with Gasteiger partial charge in [0, 0.05) is 18.0 Å². The van der Waals surface area contributed by atoms with Crippen molar-refractivity contribution in [1.82, 2.24) is 9.97 Å². The highest BCUT2D eigenvalue weighted by molar-refractivity contribution is 6.00. The first-order chi connectivity index (χ1) is 11.5. The Labute approximate surface area is 134 Å². The Kier molecular flexibility index (Phi) is 4.24. The van der Waals surface area contributed by atoms with Crippen molar-refractivity contribution in [2.75, 3.05) is 6.61 Å². The lowest BCUT2D eigenvalue weighted by Crippen LogP contribution is -2.14. The number of ketones is 1. The first kappa shape index (κ1) is 15.7. The minimum atomic E-state index is -1.14. The number of Topliss-reactive ketones (excluding diaryl/α,β-unsaturated/α-hetero) is 1. The molecule has 7 heteroatoms. The van der Waals surface area contributed by atoms with E-state index in [1.807, 2.05) is 0 Å². The molecule has 1 heterocycles. The standard InChI is InChI=1S/C17H10F2N2O3/c18-12-3-1-10(7-13(12)19)16(22)9-24-17(23)11-2-4-14-15(8-11)21-6-5-20-14/h1-8H,9H2. The maximum absolute atomic E-state index is 13.1. The molecule has 0 saturated carbocycles. The van der Waals surface area contributed by atoms with Gasteiger partial charge in [0.05, 0.1) is 16.6 Å². The number of ether oxygens (including phenoxy) is 1. The number of carbonyl (C=O) groups excluding carboxylic acids is 2. The minimum absolute atomic E-state index is 0.0777. The second-order valence-electron chi connectivity index (χ2n) is 4.89. The summed E-state index contributed by atoms with van der Waals surface area (Å²) in [6.45, 7) is -0.581. The van der Waals surface area contributed by atoms with E-state index in [9.17, 15) is 18.4 Å². The number of esters is 1. The van der Waals surface area contributed by atoms with Gasteiger partial charge < -0.3 is 4.74 Å². The zero-order valence-electron chi connectivity index (χ0n) is 12.2. The van der Waals surface area contributed by atoms with Crippen LogP contribution in [0.15, 0.2) is 48.8 Å². The van der Waals surface area contributed by atoms with Crippen molar-refractivity contribution in [3.63, 3.8) is 0 Å². The van der Waals surface area contributed by atoms with E-state index in [1.54, 1.807) is 6.07 Å². The first-order valence-corrected chi connectivity index (χ1v) is 6.91. The van der Waals surface area contributed by atoms with E-state index in [0.717, 1.165) is 18.2 Å². The van der Waals surface area contributed by atoms with Crippen LogP contribution in [0.4, 0.5) is 8.78 Å². The number of benzene rings is 2. The SMILES string of the molecule is O=C(COC(=O)c1ccc2nccnc2c1)c1ccc(F)c(F)c1. The van der Waals surface area contributed by atoms with Crippen LogP contribution < -0.4 is 0 Å². The van der Waals surface area contributed by atoms with Gasteiger partial charge in [0.2, 0.25) is 0 Å². The molecule has 0 aliphatic carbocycles. The molecule has 3 aromatic rings. The van der Waals surface area contributed by atoms with Gasteiger partial charge in [-0.2, -0.15) is 0 Å². The summed E-state index contributed by atoms with van der Waals surface area (Å²) in [5.41, 5.74) is 1.26. The van der Waals surface area contributed by atoms with Gasteiger partial charge in [-0.3, -0.25) is 14.8 Å². The van der Waals surface area contributed by atoms with Crippen molar-refractivity contribution in [2.24, 2.45) is 0 Å². The van der Waals surface area contributed by atoms with Crippen molar-refractivity contribution >= 4 is 22.8 Å². The average Bonchev–Trinajstić information content (AvgIpc) is 2.61. The van der Waals surface area contributed by atoms with Gasteiger partial charge in [0.1, 0.15) is 0 Å². The van der Waals surface area contributed by atoms with Crippen LogP contribution in [-0.2, 0) is 4.74 Å². The molecule has 0 atom stereocenters. The Morgan fingerprint density at radius 1 is 0.875 bits per heavy atom. The molecule has 0 aliphatic heterocycles.